The monoisotopic (exact) mass is 260 g/mol. The van der Waals surface area contributed by atoms with Crippen LogP contribution in [0.15, 0.2) is 30.3 Å². The molecular weight excluding hydrogens is 232 g/mol. The van der Waals surface area contributed by atoms with Crippen molar-refractivity contribution < 1.29 is 0 Å². The Morgan fingerprint density at radius 2 is 1.79 bits per heavy atom. The van der Waals surface area contributed by atoms with Crippen LogP contribution < -0.4 is 5.43 Å². The van der Waals surface area contributed by atoms with Gasteiger partial charge in [-0.3, -0.25) is 5.43 Å². The molecule has 1 heterocycles. The predicted molar refractivity (Wildman–Crippen MR) is 82.0 cm³/mol. The zero-order valence-corrected chi connectivity index (χ0v) is 12.6. The topological polar surface area (TPSA) is 15.3 Å². The smallest absolute Gasteiger partial charge is 0.0218 e. The second kappa shape index (κ2) is 7.06. The van der Waals surface area contributed by atoms with Crippen LogP contribution in [0.25, 0.3) is 0 Å². The zero-order valence-electron chi connectivity index (χ0n) is 12.6. The molecule has 2 heteroatoms. The van der Waals surface area contributed by atoms with E-state index in [2.05, 4.69) is 61.5 Å². The van der Waals surface area contributed by atoms with Crippen molar-refractivity contribution in [2.45, 2.75) is 71.0 Å². The van der Waals surface area contributed by atoms with Crippen LogP contribution in [0.5, 0.6) is 0 Å². The van der Waals surface area contributed by atoms with Crippen molar-refractivity contribution in [2.24, 2.45) is 0 Å². The van der Waals surface area contributed by atoms with E-state index in [1.807, 2.05) is 0 Å². The average molecular weight is 260 g/mol. The van der Waals surface area contributed by atoms with E-state index in [1.54, 1.807) is 0 Å². The van der Waals surface area contributed by atoms with Gasteiger partial charge in [0.05, 0.1) is 0 Å². The third kappa shape index (κ3) is 4.32. The number of nitrogens with zero attached hydrogens (tertiary/aromatic N) is 1. The lowest BCUT2D eigenvalue weighted by Crippen LogP contribution is -2.54. The first-order valence-electron chi connectivity index (χ1n) is 7.75. The van der Waals surface area contributed by atoms with Crippen LogP contribution >= 0.6 is 0 Å². The first-order valence-corrected chi connectivity index (χ1v) is 7.75. The standard InChI is InChI=1S/C17H28N2/c1-14(12-13-17-10-5-4-6-11-17)18-19-15(2)8-7-9-16(19)3/h4-6,10-11,14-16,18H,7-9,12-13H2,1-3H3. The van der Waals surface area contributed by atoms with E-state index in [-0.39, 0.29) is 0 Å². The molecule has 3 atom stereocenters. The van der Waals surface area contributed by atoms with E-state index in [9.17, 15) is 0 Å². The van der Waals surface area contributed by atoms with Gasteiger partial charge in [-0.1, -0.05) is 36.8 Å². The summed E-state index contributed by atoms with van der Waals surface area (Å²) in [6, 6.07) is 12.7. The molecule has 2 nitrogen and oxygen atoms in total. The number of benzene rings is 1. The maximum absolute atomic E-state index is 3.72. The highest BCUT2D eigenvalue weighted by atomic mass is 15.5. The van der Waals surface area contributed by atoms with Gasteiger partial charge in [0, 0.05) is 18.1 Å². The summed E-state index contributed by atoms with van der Waals surface area (Å²) >= 11 is 0. The van der Waals surface area contributed by atoms with Crippen molar-refractivity contribution in [3.8, 4) is 0 Å². The van der Waals surface area contributed by atoms with Crippen molar-refractivity contribution in [3.05, 3.63) is 35.9 Å². The highest BCUT2D eigenvalue weighted by Crippen LogP contribution is 2.21. The molecule has 3 unspecified atom stereocenters. The van der Waals surface area contributed by atoms with Crippen LogP contribution in [0, 0.1) is 0 Å². The third-order valence-corrected chi connectivity index (χ3v) is 4.27. The number of rotatable bonds is 5. The van der Waals surface area contributed by atoms with Gasteiger partial charge in [-0.25, -0.2) is 5.01 Å². The van der Waals surface area contributed by atoms with E-state index >= 15 is 0 Å². The SMILES string of the molecule is CC(CCc1ccccc1)NN1C(C)CCCC1C. The predicted octanol–water partition coefficient (Wildman–Crippen LogP) is 3.78. The number of hydrazine groups is 1. The lowest BCUT2D eigenvalue weighted by atomic mass is 9.99. The van der Waals surface area contributed by atoms with Crippen molar-refractivity contribution >= 4 is 0 Å². The summed E-state index contributed by atoms with van der Waals surface area (Å²) in [5, 5.41) is 2.49. The van der Waals surface area contributed by atoms with Crippen LogP contribution in [0.4, 0.5) is 0 Å². The summed E-state index contributed by atoms with van der Waals surface area (Å²) in [5.74, 6) is 0. The number of piperidine rings is 1. The van der Waals surface area contributed by atoms with Crippen LogP contribution in [0.3, 0.4) is 0 Å². The molecule has 1 aliphatic rings. The largest absolute Gasteiger partial charge is 0.252 e. The summed E-state index contributed by atoms with van der Waals surface area (Å²) in [7, 11) is 0. The molecule has 1 saturated heterocycles. The molecule has 1 fully saturated rings. The first kappa shape index (κ1) is 14.5. The van der Waals surface area contributed by atoms with E-state index in [4.69, 9.17) is 0 Å². The fraction of sp³-hybridized carbons (Fsp3) is 0.647. The molecule has 0 aliphatic carbocycles. The van der Waals surface area contributed by atoms with E-state index in [1.165, 1.54) is 31.2 Å². The summed E-state index contributed by atoms with van der Waals surface area (Å²) in [5.41, 5.74) is 5.16. The second-order valence-corrected chi connectivity index (χ2v) is 6.09. The van der Waals surface area contributed by atoms with Gasteiger partial charge in [0.2, 0.25) is 0 Å². The molecule has 0 spiro atoms. The average Bonchev–Trinajstić information content (AvgIpc) is 2.42. The van der Waals surface area contributed by atoms with E-state index < -0.39 is 0 Å². The molecule has 19 heavy (non-hydrogen) atoms. The quantitative estimate of drug-likeness (QED) is 0.867. The number of nitrogens with one attached hydrogen (secondary N) is 1. The Hall–Kier alpha value is -0.860. The Labute approximate surface area is 118 Å². The van der Waals surface area contributed by atoms with Crippen molar-refractivity contribution in [3.63, 3.8) is 0 Å². The lowest BCUT2D eigenvalue weighted by molar-refractivity contribution is 0.0310. The molecule has 0 saturated carbocycles. The Kier molecular flexibility index (Phi) is 5.41. The van der Waals surface area contributed by atoms with Gasteiger partial charge in [-0.2, -0.15) is 0 Å². The fourth-order valence-corrected chi connectivity index (χ4v) is 3.02. The first-order chi connectivity index (χ1) is 9.16. The van der Waals surface area contributed by atoms with Gasteiger partial charge >= 0.3 is 0 Å². The summed E-state index contributed by atoms with van der Waals surface area (Å²) in [6.07, 6.45) is 6.37. The Morgan fingerprint density at radius 1 is 1.16 bits per heavy atom. The Bertz CT molecular complexity index is 353. The normalized spacial score (nSPS) is 26.3. The second-order valence-electron chi connectivity index (χ2n) is 6.09. The molecule has 1 N–H and O–H groups in total. The molecule has 2 rings (SSSR count). The number of hydrogen-bond acceptors (Lipinski definition) is 2. The molecule has 0 aromatic heterocycles. The fourth-order valence-electron chi connectivity index (χ4n) is 3.02. The Morgan fingerprint density at radius 3 is 2.42 bits per heavy atom. The van der Waals surface area contributed by atoms with Gasteiger partial charge in [0.25, 0.3) is 0 Å². The summed E-state index contributed by atoms with van der Waals surface area (Å²) < 4.78 is 0. The number of aryl methyl sites for hydroxylation is 1. The lowest BCUT2D eigenvalue weighted by Gasteiger charge is -2.41. The summed E-state index contributed by atoms with van der Waals surface area (Å²) in [6.45, 7) is 6.98. The third-order valence-electron chi connectivity index (χ3n) is 4.27. The minimum Gasteiger partial charge on any atom is -0.252 e. The molecule has 1 aromatic carbocycles. The van der Waals surface area contributed by atoms with Crippen molar-refractivity contribution in [2.75, 3.05) is 0 Å². The number of hydrogen-bond donors (Lipinski definition) is 1. The highest BCUT2D eigenvalue weighted by molar-refractivity contribution is 5.14. The van der Waals surface area contributed by atoms with Gasteiger partial charge < -0.3 is 0 Å². The van der Waals surface area contributed by atoms with E-state index in [0.717, 1.165) is 6.42 Å². The van der Waals surface area contributed by atoms with Crippen LogP contribution in [-0.2, 0) is 6.42 Å². The minimum atomic E-state index is 0.545. The maximum atomic E-state index is 3.72. The highest BCUT2D eigenvalue weighted by Gasteiger charge is 2.25. The van der Waals surface area contributed by atoms with Crippen LogP contribution in [0.2, 0.25) is 0 Å². The van der Waals surface area contributed by atoms with Crippen molar-refractivity contribution in [1.29, 1.82) is 0 Å². The zero-order chi connectivity index (χ0) is 13.7. The molecule has 106 valence electrons. The molecule has 1 aromatic rings. The van der Waals surface area contributed by atoms with Gasteiger partial charge in [0.1, 0.15) is 0 Å². The molecule has 0 radical (unpaired) electrons. The molecule has 0 amide bonds. The van der Waals surface area contributed by atoms with E-state index in [0.29, 0.717) is 18.1 Å². The Balaban J connectivity index is 1.78. The van der Waals surface area contributed by atoms with Crippen LogP contribution in [0.1, 0.15) is 52.0 Å². The minimum absolute atomic E-state index is 0.545. The molecule has 1 aliphatic heterocycles. The van der Waals surface area contributed by atoms with Crippen LogP contribution in [-0.4, -0.2) is 23.1 Å². The van der Waals surface area contributed by atoms with Crippen molar-refractivity contribution in [1.82, 2.24) is 10.4 Å². The summed E-state index contributed by atoms with van der Waals surface area (Å²) in [4.78, 5) is 0. The molecule has 0 bridgehead atoms. The molecular formula is C17H28N2. The van der Waals surface area contributed by atoms with Gasteiger partial charge in [0.15, 0.2) is 0 Å². The maximum Gasteiger partial charge on any atom is 0.0218 e. The van der Waals surface area contributed by atoms with Gasteiger partial charge in [-0.15, -0.1) is 0 Å². The van der Waals surface area contributed by atoms with Gasteiger partial charge in [-0.05, 0) is 52.0 Å².